The lowest BCUT2D eigenvalue weighted by Gasteiger charge is -2.32. The molecule has 7 heteroatoms. The van der Waals surface area contributed by atoms with Crippen LogP contribution in [0.25, 0.3) is 0 Å². The van der Waals surface area contributed by atoms with Gasteiger partial charge in [0, 0.05) is 25.7 Å². The molecule has 1 atom stereocenters. The molecule has 0 radical (unpaired) electrons. The summed E-state index contributed by atoms with van der Waals surface area (Å²) in [5.41, 5.74) is 0.573. The first-order valence-corrected chi connectivity index (χ1v) is 8.58. The van der Waals surface area contributed by atoms with E-state index in [1.165, 1.54) is 0 Å². The highest BCUT2D eigenvalue weighted by Crippen LogP contribution is 2.13. The second-order valence-corrected chi connectivity index (χ2v) is 5.97. The van der Waals surface area contributed by atoms with Crippen LogP contribution in [0.15, 0.2) is 24.3 Å². The Labute approximate surface area is 148 Å². The predicted octanol–water partition coefficient (Wildman–Crippen LogP) is 1.51. The molecule has 25 heavy (non-hydrogen) atoms. The fourth-order valence-corrected chi connectivity index (χ4v) is 2.66. The van der Waals surface area contributed by atoms with E-state index in [9.17, 15) is 9.90 Å². The molecule has 1 amide bonds. The molecule has 0 spiro atoms. The van der Waals surface area contributed by atoms with Gasteiger partial charge in [0.05, 0.1) is 18.2 Å². The van der Waals surface area contributed by atoms with Crippen LogP contribution in [0.2, 0.25) is 0 Å². The topological polar surface area (TPSA) is 94.8 Å². The Kier molecular flexibility index (Phi) is 7.51. The summed E-state index contributed by atoms with van der Waals surface area (Å²) in [6.07, 6.45) is 0.792. The Hall–Kier alpha value is -2.30. The maximum atomic E-state index is 11.6. The maximum absolute atomic E-state index is 11.6. The number of hydrogen-bond donors (Lipinski definition) is 2. The number of carbonyl (C=O) groups is 1. The summed E-state index contributed by atoms with van der Waals surface area (Å²) in [4.78, 5) is 13.4. The summed E-state index contributed by atoms with van der Waals surface area (Å²) in [5.74, 6) is 0.626. The second kappa shape index (κ2) is 9.87. The summed E-state index contributed by atoms with van der Waals surface area (Å²) in [6, 6.07) is 9.10. The number of amides is 1. The summed E-state index contributed by atoms with van der Waals surface area (Å²) in [5, 5.41) is 22.1. The molecule has 0 unspecified atom stereocenters. The SMILES string of the molecule is CCOC(=O)N1CCC(NC[C@H](O)COc2ccc(C#N)cc2)CC1. The molecule has 1 fully saturated rings. The van der Waals surface area contributed by atoms with E-state index in [4.69, 9.17) is 14.7 Å². The Bertz CT molecular complexity index is 577. The Morgan fingerprint density at radius 3 is 2.68 bits per heavy atom. The van der Waals surface area contributed by atoms with Crippen molar-refractivity contribution in [3.05, 3.63) is 29.8 Å². The standard InChI is InChI=1S/C18H25N3O4/c1-2-24-18(23)21-9-7-15(8-10-21)20-12-16(22)13-25-17-5-3-14(11-19)4-6-17/h3-6,15-16,20,22H,2,7-10,12-13H2,1H3/t16-/m0/s1. The predicted molar refractivity (Wildman–Crippen MR) is 92.3 cm³/mol. The van der Waals surface area contributed by atoms with Gasteiger partial charge in [0.2, 0.25) is 0 Å². The number of ether oxygens (including phenoxy) is 2. The quantitative estimate of drug-likeness (QED) is 0.776. The van der Waals surface area contributed by atoms with Crippen LogP contribution in [0.3, 0.4) is 0 Å². The third-order valence-corrected chi connectivity index (χ3v) is 4.09. The average Bonchev–Trinajstić information content (AvgIpc) is 2.65. The molecule has 1 saturated heterocycles. The first-order valence-electron chi connectivity index (χ1n) is 8.58. The van der Waals surface area contributed by atoms with Crippen LogP contribution in [-0.2, 0) is 4.74 Å². The van der Waals surface area contributed by atoms with Crippen LogP contribution in [-0.4, -0.2) is 61.1 Å². The highest BCUT2D eigenvalue weighted by molar-refractivity contribution is 5.67. The fraction of sp³-hybridized carbons (Fsp3) is 0.556. The molecule has 0 aromatic heterocycles. The molecule has 1 heterocycles. The summed E-state index contributed by atoms with van der Waals surface area (Å²) < 4.78 is 10.5. The first-order chi connectivity index (χ1) is 12.1. The van der Waals surface area contributed by atoms with Crippen molar-refractivity contribution in [2.45, 2.75) is 31.9 Å². The molecule has 1 aliphatic rings. The van der Waals surface area contributed by atoms with Gasteiger partial charge in [0.1, 0.15) is 18.5 Å². The molecule has 1 aromatic rings. The van der Waals surface area contributed by atoms with E-state index in [0.29, 0.717) is 37.6 Å². The van der Waals surface area contributed by atoms with Gasteiger partial charge in [-0.3, -0.25) is 0 Å². The number of carbonyl (C=O) groups excluding carboxylic acids is 1. The summed E-state index contributed by atoms with van der Waals surface area (Å²) >= 11 is 0. The third-order valence-electron chi connectivity index (χ3n) is 4.09. The number of likely N-dealkylation sites (tertiary alicyclic amines) is 1. The largest absolute Gasteiger partial charge is 0.491 e. The average molecular weight is 347 g/mol. The third kappa shape index (κ3) is 6.25. The molecule has 136 valence electrons. The summed E-state index contributed by atoms with van der Waals surface area (Å²) in [6.45, 7) is 4.12. The molecule has 1 aliphatic heterocycles. The fourth-order valence-electron chi connectivity index (χ4n) is 2.66. The van der Waals surface area contributed by atoms with Crippen LogP contribution in [0.4, 0.5) is 4.79 Å². The minimum absolute atomic E-state index is 0.181. The first kappa shape index (κ1) is 19.0. The van der Waals surface area contributed by atoms with Crippen molar-refractivity contribution in [2.75, 3.05) is 32.8 Å². The van der Waals surface area contributed by atoms with Gasteiger partial charge in [-0.1, -0.05) is 0 Å². The van der Waals surface area contributed by atoms with Crippen LogP contribution >= 0.6 is 0 Å². The zero-order chi connectivity index (χ0) is 18.1. The molecule has 0 aliphatic carbocycles. The minimum atomic E-state index is -0.626. The van der Waals surface area contributed by atoms with Crippen molar-refractivity contribution in [1.82, 2.24) is 10.2 Å². The van der Waals surface area contributed by atoms with E-state index >= 15 is 0 Å². The molecular weight excluding hydrogens is 322 g/mol. The number of aliphatic hydroxyl groups is 1. The molecule has 0 bridgehead atoms. The normalized spacial score (nSPS) is 16.1. The number of piperidine rings is 1. The van der Waals surface area contributed by atoms with Gasteiger partial charge < -0.3 is 24.8 Å². The smallest absolute Gasteiger partial charge is 0.409 e. The number of nitrogens with zero attached hydrogens (tertiary/aromatic N) is 2. The number of nitrogens with one attached hydrogen (secondary N) is 1. The lowest BCUT2D eigenvalue weighted by molar-refractivity contribution is 0.0860. The van der Waals surface area contributed by atoms with Gasteiger partial charge in [-0.25, -0.2) is 4.79 Å². The number of aliphatic hydroxyl groups excluding tert-OH is 1. The number of rotatable bonds is 7. The van der Waals surface area contributed by atoms with Crippen molar-refractivity contribution in [2.24, 2.45) is 0 Å². The van der Waals surface area contributed by atoms with Gasteiger partial charge in [-0.2, -0.15) is 5.26 Å². The van der Waals surface area contributed by atoms with E-state index in [2.05, 4.69) is 5.32 Å². The molecule has 1 aromatic carbocycles. The lowest BCUT2D eigenvalue weighted by atomic mass is 10.1. The van der Waals surface area contributed by atoms with E-state index in [1.54, 1.807) is 36.1 Å². The highest BCUT2D eigenvalue weighted by atomic mass is 16.6. The van der Waals surface area contributed by atoms with E-state index in [0.717, 1.165) is 12.8 Å². The highest BCUT2D eigenvalue weighted by Gasteiger charge is 2.23. The van der Waals surface area contributed by atoms with Crippen LogP contribution < -0.4 is 10.1 Å². The number of benzene rings is 1. The number of nitriles is 1. The molecular formula is C18H25N3O4. The molecule has 0 saturated carbocycles. The van der Waals surface area contributed by atoms with Crippen LogP contribution in [0.1, 0.15) is 25.3 Å². The zero-order valence-electron chi connectivity index (χ0n) is 14.5. The minimum Gasteiger partial charge on any atom is -0.491 e. The summed E-state index contributed by atoms with van der Waals surface area (Å²) in [7, 11) is 0. The van der Waals surface area contributed by atoms with Gasteiger partial charge in [-0.05, 0) is 44.0 Å². The Balaban J connectivity index is 1.63. The van der Waals surface area contributed by atoms with E-state index in [1.807, 2.05) is 6.07 Å². The number of hydrogen-bond acceptors (Lipinski definition) is 6. The van der Waals surface area contributed by atoms with Gasteiger partial charge in [0.25, 0.3) is 0 Å². The zero-order valence-corrected chi connectivity index (χ0v) is 14.5. The van der Waals surface area contributed by atoms with Gasteiger partial charge in [0.15, 0.2) is 0 Å². The van der Waals surface area contributed by atoms with Crippen LogP contribution in [0, 0.1) is 11.3 Å². The molecule has 2 rings (SSSR count). The Morgan fingerprint density at radius 1 is 1.40 bits per heavy atom. The monoisotopic (exact) mass is 347 g/mol. The van der Waals surface area contributed by atoms with Crippen molar-refractivity contribution < 1.29 is 19.4 Å². The van der Waals surface area contributed by atoms with Gasteiger partial charge >= 0.3 is 6.09 Å². The van der Waals surface area contributed by atoms with Crippen LogP contribution in [0.5, 0.6) is 5.75 Å². The van der Waals surface area contributed by atoms with Crippen molar-refractivity contribution >= 4 is 6.09 Å². The van der Waals surface area contributed by atoms with Crippen molar-refractivity contribution in [3.63, 3.8) is 0 Å². The second-order valence-electron chi connectivity index (χ2n) is 5.97. The van der Waals surface area contributed by atoms with Gasteiger partial charge in [-0.15, -0.1) is 0 Å². The molecule has 7 nitrogen and oxygen atoms in total. The van der Waals surface area contributed by atoms with E-state index in [-0.39, 0.29) is 18.7 Å². The maximum Gasteiger partial charge on any atom is 0.409 e. The lowest BCUT2D eigenvalue weighted by Crippen LogP contribution is -2.47. The van der Waals surface area contributed by atoms with Crippen molar-refractivity contribution in [1.29, 1.82) is 5.26 Å². The molecule has 2 N–H and O–H groups in total. The van der Waals surface area contributed by atoms with E-state index < -0.39 is 6.10 Å². The Morgan fingerprint density at radius 2 is 2.08 bits per heavy atom. The van der Waals surface area contributed by atoms with Crippen molar-refractivity contribution in [3.8, 4) is 11.8 Å².